The number of hydrogen-bond donors (Lipinski definition) is 1. The molecule has 2 heterocycles. The molecular weight excluding hydrogens is 386 g/mol. The lowest BCUT2D eigenvalue weighted by Gasteiger charge is -2.10. The van der Waals surface area contributed by atoms with Gasteiger partial charge in [0.15, 0.2) is 16.1 Å². The van der Waals surface area contributed by atoms with Crippen LogP contribution in [0.25, 0.3) is 11.4 Å². The molecule has 10 heteroatoms. The number of aromatic nitrogens is 4. The summed E-state index contributed by atoms with van der Waals surface area (Å²) in [7, 11) is 3.27. The second kappa shape index (κ2) is 9.49. The van der Waals surface area contributed by atoms with Gasteiger partial charge in [-0.1, -0.05) is 11.8 Å². The van der Waals surface area contributed by atoms with E-state index in [0.717, 1.165) is 17.1 Å². The van der Waals surface area contributed by atoms with Crippen molar-refractivity contribution in [2.75, 3.05) is 31.9 Å². The molecular formula is C17H19N5O3S2. The van der Waals surface area contributed by atoms with Crippen LogP contribution in [0.15, 0.2) is 41.0 Å². The van der Waals surface area contributed by atoms with E-state index in [9.17, 15) is 4.79 Å². The molecule has 2 aromatic heterocycles. The summed E-state index contributed by atoms with van der Waals surface area (Å²) in [5.41, 5.74) is 0.915. The van der Waals surface area contributed by atoms with E-state index in [1.54, 1.807) is 20.4 Å². The summed E-state index contributed by atoms with van der Waals surface area (Å²) < 4.78 is 12.4. The lowest BCUT2D eigenvalue weighted by Crippen LogP contribution is -2.15. The van der Waals surface area contributed by atoms with E-state index in [2.05, 4.69) is 20.5 Å². The molecule has 1 amide bonds. The van der Waals surface area contributed by atoms with Gasteiger partial charge in [-0.05, 0) is 24.3 Å². The fourth-order valence-corrected chi connectivity index (χ4v) is 3.61. The quantitative estimate of drug-likeness (QED) is 0.547. The van der Waals surface area contributed by atoms with Crippen LogP contribution in [-0.4, -0.2) is 52.2 Å². The molecule has 1 N–H and O–H groups in total. The van der Waals surface area contributed by atoms with Crippen molar-refractivity contribution in [2.24, 2.45) is 0 Å². The summed E-state index contributed by atoms with van der Waals surface area (Å²) in [4.78, 5) is 16.1. The Hall–Kier alpha value is -2.43. The van der Waals surface area contributed by atoms with E-state index in [0.29, 0.717) is 23.4 Å². The number of thioether (sulfide) groups is 1. The van der Waals surface area contributed by atoms with Crippen LogP contribution in [0, 0.1) is 0 Å². The molecule has 0 aliphatic rings. The van der Waals surface area contributed by atoms with Crippen LogP contribution in [0.4, 0.5) is 5.13 Å². The van der Waals surface area contributed by atoms with E-state index in [4.69, 9.17) is 9.47 Å². The van der Waals surface area contributed by atoms with Crippen molar-refractivity contribution in [2.45, 2.75) is 11.7 Å². The summed E-state index contributed by atoms with van der Waals surface area (Å²) in [5.74, 6) is 1.57. The highest BCUT2D eigenvalue weighted by Gasteiger charge is 2.16. The number of amides is 1. The van der Waals surface area contributed by atoms with Gasteiger partial charge in [0.1, 0.15) is 5.75 Å². The highest BCUT2D eigenvalue weighted by atomic mass is 32.2. The van der Waals surface area contributed by atoms with E-state index >= 15 is 0 Å². The van der Waals surface area contributed by atoms with Gasteiger partial charge in [-0.3, -0.25) is 9.36 Å². The van der Waals surface area contributed by atoms with E-state index in [1.807, 2.05) is 34.2 Å². The summed E-state index contributed by atoms with van der Waals surface area (Å²) in [5, 5.41) is 14.4. The zero-order valence-corrected chi connectivity index (χ0v) is 16.5. The van der Waals surface area contributed by atoms with Crippen molar-refractivity contribution in [3.8, 4) is 17.1 Å². The lowest BCUT2D eigenvalue weighted by molar-refractivity contribution is -0.113. The highest BCUT2D eigenvalue weighted by molar-refractivity contribution is 7.99. The van der Waals surface area contributed by atoms with Gasteiger partial charge in [0.25, 0.3) is 0 Å². The van der Waals surface area contributed by atoms with Gasteiger partial charge in [-0.25, -0.2) is 4.98 Å². The second-order valence-corrected chi connectivity index (χ2v) is 7.19. The largest absolute Gasteiger partial charge is 0.497 e. The van der Waals surface area contributed by atoms with Crippen LogP contribution in [0.3, 0.4) is 0 Å². The van der Waals surface area contributed by atoms with Gasteiger partial charge in [0, 0.05) is 24.3 Å². The van der Waals surface area contributed by atoms with E-state index < -0.39 is 0 Å². The first-order valence-electron chi connectivity index (χ1n) is 8.10. The van der Waals surface area contributed by atoms with Crippen molar-refractivity contribution in [3.05, 3.63) is 35.8 Å². The van der Waals surface area contributed by atoms with Crippen molar-refractivity contribution in [1.82, 2.24) is 19.7 Å². The Kier molecular flexibility index (Phi) is 6.80. The number of ether oxygens (including phenoxy) is 2. The topological polar surface area (TPSA) is 91.2 Å². The number of nitrogens with zero attached hydrogens (tertiary/aromatic N) is 4. The molecule has 0 aliphatic carbocycles. The van der Waals surface area contributed by atoms with Gasteiger partial charge in [0.2, 0.25) is 5.91 Å². The Morgan fingerprint density at radius 3 is 2.74 bits per heavy atom. The van der Waals surface area contributed by atoms with Gasteiger partial charge in [0.05, 0.1) is 26.0 Å². The van der Waals surface area contributed by atoms with Crippen LogP contribution in [0.1, 0.15) is 0 Å². The number of thiazole rings is 1. The normalized spacial score (nSPS) is 10.7. The number of hydrogen-bond acceptors (Lipinski definition) is 8. The third-order valence-electron chi connectivity index (χ3n) is 3.60. The number of carbonyl (C=O) groups is 1. The molecule has 1 aromatic carbocycles. The summed E-state index contributed by atoms with van der Waals surface area (Å²) in [6, 6.07) is 7.60. The molecule has 0 spiro atoms. The fourth-order valence-electron chi connectivity index (χ4n) is 2.30. The number of methoxy groups -OCH3 is 2. The number of nitrogens with one attached hydrogen (secondary N) is 1. The smallest absolute Gasteiger partial charge is 0.236 e. The molecule has 3 aromatic rings. The van der Waals surface area contributed by atoms with Crippen LogP contribution >= 0.6 is 23.1 Å². The van der Waals surface area contributed by atoms with E-state index in [1.165, 1.54) is 23.1 Å². The number of rotatable bonds is 9. The minimum absolute atomic E-state index is 0.137. The SMILES string of the molecule is COCCn1c(SCC(=O)Nc2nccs2)nnc1-c1ccc(OC)cc1. The maximum absolute atomic E-state index is 12.1. The molecule has 0 unspecified atom stereocenters. The van der Waals surface area contributed by atoms with Crippen molar-refractivity contribution >= 4 is 34.1 Å². The maximum atomic E-state index is 12.1. The number of carbonyl (C=O) groups excluding carboxylic acids is 1. The van der Waals surface area contributed by atoms with Crippen LogP contribution in [0.5, 0.6) is 5.75 Å². The Labute approximate surface area is 164 Å². The minimum Gasteiger partial charge on any atom is -0.497 e. The third-order valence-corrected chi connectivity index (χ3v) is 5.25. The highest BCUT2D eigenvalue weighted by Crippen LogP contribution is 2.25. The Morgan fingerprint density at radius 2 is 2.07 bits per heavy atom. The molecule has 0 atom stereocenters. The first-order valence-corrected chi connectivity index (χ1v) is 9.96. The molecule has 0 fully saturated rings. The number of anilines is 1. The molecule has 142 valence electrons. The maximum Gasteiger partial charge on any atom is 0.236 e. The van der Waals surface area contributed by atoms with Crippen molar-refractivity contribution in [3.63, 3.8) is 0 Å². The first-order chi connectivity index (χ1) is 13.2. The van der Waals surface area contributed by atoms with Gasteiger partial charge >= 0.3 is 0 Å². The van der Waals surface area contributed by atoms with Gasteiger partial charge < -0.3 is 14.8 Å². The molecule has 0 saturated heterocycles. The number of benzene rings is 1. The molecule has 0 bridgehead atoms. The van der Waals surface area contributed by atoms with Crippen LogP contribution in [-0.2, 0) is 16.1 Å². The Balaban J connectivity index is 1.73. The third kappa shape index (κ3) is 5.06. The molecule has 0 saturated carbocycles. The standard InChI is InChI=1S/C17H19N5O3S2/c1-24-9-8-22-15(12-3-5-13(25-2)6-4-12)20-21-17(22)27-11-14(23)19-16-18-7-10-26-16/h3-7,10H,8-9,11H2,1-2H3,(H,18,19,23). The van der Waals surface area contributed by atoms with Crippen molar-refractivity contribution in [1.29, 1.82) is 0 Å². The Bertz CT molecular complexity index is 865. The fraction of sp³-hybridized carbons (Fsp3) is 0.294. The van der Waals surface area contributed by atoms with Gasteiger partial charge in [-0.15, -0.1) is 21.5 Å². The predicted octanol–water partition coefficient (Wildman–Crippen LogP) is 2.79. The predicted molar refractivity (Wildman–Crippen MR) is 105 cm³/mol. The monoisotopic (exact) mass is 405 g/mol. The average Bonchev–Trinajstić information content (AvgIpc) is 3.34. The second-order valence-electron chi connectivity index (χ2n) is 5.35. The van der Waals surface area contributed by atoms with Crippen LogP contribution in [0.2, 0.25) is 0 Å². The van der Waals surface area contributed by atoms with Crippen molar-refractivity contribution < 1.29 is 14.3 Å². The first kappa shape index (κ1) is 19.3. The summed E-state index contributed by atoms with van der Waals surface area (Å²) in [6.45, 7) is 1.10. The average molecular weight is 406 g/mol. The van der Waals surface area contributed by atoms with Crippen LogP contribution < -0.4 is 10.1 Å². The molecule has 27 heavy (non-hydrogen) atoms. The molecule has 0 radical (unpaired) electrons. The Morgan fingerprint density at radius 1 is 1.26 bits per heavy atom. The zero-order chi connectivity index (χ0) is 19.1. The zero-order valence-electron chi connectivity index (χ0n) is 14.9. The lowest BCUT2D eigenvalue weighted by atomic mass is 10.2. The van der Waals surface area contributed by atoms with Gasteiger partial charge in [-0.2, -0.15) is 0 Å². The molecule has 8 nitrogen and oxygen atoms in total. The van der Waals surface area contributed by atoms with E-state index in [-0.39, 0.29) is 11.7 Å². The summed E-state index contributed by atoms with van der Waals surface area (Å²) >= 11 is 2.70. The molecule has 3 rings (SSSR count). The summed E-state index contributed by atoms with van der Waals surface area (Å²) in [6.07, 6.45) is 1.65. The molecule has 0 aliphatic heterocycles. The minimum atomic E-state index is -0.137.